The molecule has 2 aliphatic heterocycles. The lowest BCUT2D eigenvalue weighted by Crippen LogP contribution is -2.63. The molecule has 2 aromatic carbocycles. The maximum absolute atomic E-state index is 14.1. The molecule has 5 rings (SSSR count). The molecule has 2 heterocycles. The van der Waals surface area contributed by atoms with Gasteiger partial charge in [-0.25, -0.2) is 4.99 Å². The quantitative estimate of drug-likeness (QED) is 0.697. The van der Waals surface area contributed by atoms with Gasteiger partial charge in [-0.1, -0.05) is 30.9 Å². The Balaban J connectivity index is 1.67. The van der Waals surface area contributed by atoms with Crippen molar-refractivity contribution < 1.29 is 14.3 Å². The average Bonchev–Trinajstić information content (AvgIpc) is 3.25. The number of hydrogen-bond donors (Lipinski definition) is 1. The summed E-state index contributed by atoms with van der Waals surface area (Å²) in [7, 11) is 1.62. The second-order valence-corrected chi connectivity index (χ2v) is 9.52. The molecule has 2 aromatic rings. The van der Waals surface area contributed by atoms with E-state index in [-0.39, 0.29) is 17.9 Å². The normalized spacial score (nSPS) is 22.8. The monoisotopic (exact) mass is 465 g/mol. The number of fused-ring (bicyclic) bond motifs is 2. The van der Waals surface area contributed by atoms with Crippen LogP contribution < -0.4 is 10.1 Å². The van der Waals surface area contributed by atoms with E-state index in [4.69, 9.17) is 21.3 Å². The number of ether oxygens (including phenoxy) is 1. The van der Waals surface area contributed by atoms with Crippen LogP contribution in [0.1, 0.15) is 60.9 Å². The second kappa shape index (κ2) is 8.82. The highest BCUT2D eigenvalue weighted by Gasteiger charge is 2.55. The van der Waals surface area contributed by atoms with Crippen molar-refractivity contribution in [2.45, 2.75) is 56.5 Å². The number of amides is 2. The molecule has 1 aliphatic carbocycles. The summed E-state index contributed by atoms with van der Waals surface area (Å²) >= 11 is 6.27. The number of nitrogens with one attached hydrogen (secondary N) is 1. The molecular weight excluding hydrogens is 438 g/mol. The molecule has 0 bridgehead atoms. The van der Waals surface area contributed by atoms with Crippen LogP contribution in [-0.4, -0.2) is 47.7 Å². The summed E-state index contributed by atoms with van der Waals surface area (Å²) in [6.07, 6.45) is 6.65. The Labute approximate surface area is 199 Å². The maximum Gasteiger partial charge on any atom is 0.257 e. The van der Waals surface area contributed by atoms with Crippen LogP contribution >= 0.6 is 11.6 Å². The van der Waals surface area contributed by atoms with Gasteiger partial charge in [0.2, 0.25) is 0 Å². The van der Waals surface area contributed by atoms with Crippen LogP contribution in [0.15, 0.2) is 47.5 Å². The van der Waals surface area contributed by atoms with Gasteiger partial charge in [-0.15, -0.1) is 0 Å². The number of carbonyl (C=O) groups is 2. The number of halogens is 1. The van der Waals surface area contributed by atoms with Crippen LogP contribution in [0.2, 0.25) is 5.02 Å². The predicted octanol–water partition coefficient (Wildman–Crippen LogP) is 4.91. The molecule has 1 atom stereocenters. The van der Waals surface area contributed by atoms with Gasteiger partial charge in [-0.3, -0.25) is 9.59 Å². The van der Waals surface area contributed by atoms with E-state index in [1.165, 1.54) is 6.42 Å². The van der Waals surface area contributed by atoms with Crippen LogP contribution in [0.5, 0.6) is 5.75 Å². The van der Waals surface area contributed by atoms with Crippen molar-refractivity contribution in [2.24, 2.45) is 4.99 Å². The summed E-state index contributed by atoms with van der Waals surface area (Å²) in [5.74, 6) is 0.412. The Hall–Kier alpha value is -2.86. The van der Waals surface area contributed by atoms with E-state index >= 15 is 0 Å². The van der Waals surface area contributed by atoms with E-state index < -0.39 is 5.54 Å². The highest BCUT2D eigenvalue weighted by Crippen LogP contribution is 2.41. The maximum atomic E-state index is 14.1. The van der Waals surface area contributed by atoms with E-state index in [9.17, 15) is 9.59 Å². The Kier molecular flexibility index (Phi) is 5.87. The molecular formula is C26H28ClN3O3. The first-order valence-corrected chi connectivity index (χ1v) is 12.1. The number of aliphatic imine (C=N–C) groups is 1. The molecule has 2 fully saturated rings. The average molecular weight is 466 g/mol. The Bertz CT molecular complexity index is 1110. The van der Waals surface area contributed by atoms with Crippen LogP contribution in [0.25, 0.3) is 0 Å². The standard InChI is InChI=1S/C26H28ClN3O3/c1-33-20-11-8-17(9-12-20)23-26(25(32)28-19-6-3-2-4-7-19)14-5-15-30(26)24(31)21-13-10-18(27)16-22(21)29-23/h8-13,16,19H,2-7,14-15H2,1H3,(H,28,32)/t26-/m0/s1. The van der Waals surface area contributed by atoms with Gasteiger partial charge in [0.1, 0.15) is 5.75 Å². The number of benzene rings is 2. The van der Waals surface area contributed by atoms with Gasteiger partial charge in [0.25, 0.3) is 11.8 Å². The largest absolute Gasteiger partial charge is 0.497 e. The van der Waals surface area contributed by atoms with Crippen LogP contribution in [-0.2, 0) is 4.79 Å². The second-order valence-electron chi connectivity index (χ2n) is 9.08. The van der Waals surface area contributed by atoms with E-state index in [2.05, 4.69) is 5.32 Å². The van der Waals surface area contributed by atoms with Gasteiger partial charge in [-0.2, -0.15) is 0 Å². The zero-order valence-electron chi connectivity index (χ0n) is 18.8. The SMILES string of the molecule is COc1ccc(C2=Nc3cc(Cl)ccc3C(=O)N3CCC[C@@]23C(=O)NC2CCCCC2)cc1. The number of methoxy groups -OCH3 is 1. The van der Waals surface area contributed by atoms with E-state index in [1.807, 2.05) is 24.3 Å². The van der Waals surface area contributed by atoms with Crippen molar-refractivity contribution >= 4 is 34.8 Å². The minimum absolute atomic E-state index is 0.131. The molecule has 33 heavy (non-hydrogen) atoms. The lowest BCUT2D eigenvalue weighted by Gasteiger charge is -2.38. The zero-order valence-corrected chi connectivity index (χ0v) is 19.5. The van der Waals surface area contributed by atoms with Gasteiger partial charge in [0.05, 0.1) is 24.1 Å². The molecule has 1 N–H and O–H groups in total. The number of carbonyl (C=O) groups excluding carboxylic acids is 2. The topological polar surface area (TPSA) is 71.0 Å². The molecule has 1 saturated heterocycles. The molecule has 7 heteroatoms. The fourth-order valence-corrected chi connectivity index (χ4v) is 5.59. The summed E-state index contributed by atoms with van der Waals surface area (Å²) in [5.41, 5.74) is 1.19. The van der Waals surface area contributed by atoms with Crippen molar-refractivity contribution in [1.82, 2.24) is 10.2 Å². The first kappa shape index (κ1) is 22.0. The smallest absolute Gasteiger partial charge is 0.257 e. The summed E-state index contributed by atoms with van der Waals surface area (Å²) in [6.45, 7) is 0.508. The summed E-state index contributed by atoms with van der Waals surface area (Å²) < 4.78 is 5.33. The molecule has 3 aliphatic rings. The van der Waals surface area contributed by atoms with E-state index in [0.29, 0.717) is 35.0 Å². The lowest BCUT2D eigenvalue weighted by atomic mass is 9.83. The van der Waals surface area contributed by atoms with Gasteiger partial charge in [-0.05, 0) is 73.7 Å². The summed E-state index contributed by atoms with van der Waals surface area (Å²) in [4.78, 5) is 34.5. The Morgan fingerprint density at radius 2 is 1.88 bits per heavy atom. The van der Waals surface area contributed by atoms with Crippen molar-refractivity contribution in [1.29, 1.82) is 0 Å². The molecule has 2 amide bonds. The van der Waals surface area contributed by atoms with E-state index in [1.54, 1.807) is 30.2 Å². The van der Waals surface area contributed by atoms with Gasteiger partial charge in [0, 0.05) is 17.6 Å². The molecule has 0 unspecified atom stereocenters. The van der Waals surface area contributed by atoms with Crippen LogP contribution in [0.4, 0.5) is 5.69 Å². The third-order valence-corrected chi connectivity index (χ3v) is 7.35. The molecule has 6 nitrogen and oxygen atoms in total. The lowest BCUT2D eigenvalue weighted by molar-refractivity contribution is -0.128. The highest BCUT2D eigenvalue weighted by atomic mass is 35.5. The minimum Gasteiger partial charge on any atom is -0.497 e. The van der Waals surface area contributed by atoms with Crippen molar-refractivity contribution in [3.63, 3.8) is 0 Å². The fourth-order valence-electron chi connectivity index (χ4n) is 5.42. The van der Waals surface area contributed by atoms with Crippen LogP contribution in [0.3, 0.4) is 0 Å². The molecule has 0 aromatic heterocycles. The first-order chi connectivity index (χ1) is 16.0. The number of hydrogen-bond acceptors (Lipinski definition) is 4. The Morgan fingerprint density at radius 1 is 1.12 bits per heavy atom. The third kappa shape index (κ3) is 3.80. The minimum atomic E-state index is -1.16. The summed E-state index contributed by atoms with van der Waals surface area (Å²) in [5, 5.41) is 3.80. The van der Waals surface area contributed by atoms with Gasteiger partial charge >= 0.3 is 0 Å². The zero-order chi connectivity index (χ0) is 23.0. The predicted molar refractivity (Wildman–Crippen MR) is 129 cm³/mol. The van der Waals surface area contributed by atoms with Gasteiger partial charge < -0.3 is 15.0 Å². The fraction of sp³-hybridized carbons (Fsp3) is 0.423. The molecule has 0 spiro atoms. The van der Waals surface area contributed by atoms with Crippen LogP contribution in [0, 0.1) is 0 Å². The van der Waals surface area contributed by atoms with Gasteiger partial charge in [0.15, 0.2) is 5.54 Å². The van der Waals surface area contributed by atoms with Crippen molar-refractivity contribution in [3.8, 4) is 5.75 Å². The first-order valence-electron chi connectivity index (χ1n) is 11.7. The molecule has 172 valence electrons. The Morgan fingerprint density at radius 3 is 2.61 bits per heavy atom. The number of rotatable bonds is 4. The number of nitrogens with zero attached hydrogens (tertiary/aromatic N) is 2. The van der Waals surface area contributed by atoms with Crippen molar-refractivity contribution in [3.05, 3.63) is 58.6 Å². The van der Waals surface area contributed by atoms with Crippen molar-refractivity contribution in [2.75, 3.05) is 13.7 Å². The highest BCUT2D eigenvalue weighted by molar-refractivity contribution is 6.31. The third-order valence-electron chi connectivity index (χ3n) is 7.12. The van der Waals surface area contributed by atoms with E-state index in [0.717, 1.165) is 43.4 Å². The molecule has 0 radical (unpaired) electrons. The molecule has 1 saturated carbocycles. The summed E-state index contributed by atoms with van der Waals surface area (Å²) in [6, 6.07) is 12.8.